The Bertz CT molecular complexity index is 1120. The predicted octanol–water partition coefficient (Wildman–Crippen LogP) is 6.25. The van der Waals surface area contributed by atoms with Gasteiger partial charge in [-0.2, -0.15) is 10.1 Å². The summed E-state index contributed by atoms with van der Waals surface area (Å²) in [6.45, 7) is 0.105. The zero-order chi connectivity index (χ0) is 19.7. The monoisotopic (exact) mass is 454 g/mol. The largest absolute Gasteiger partial charge is 0.468 e. The number of benzene rings is 2. The van der Waals surface area contributed by atoms with Crippen LogP contribution in [-0.2, 0) is 6.73 Å². The highest BCUT2D eigenvalue weighted by atomic mass is 35.5. The number of hydrogen-bond acceptors (Lipinski definition) is 5. The number of nitrogens with zero attached hydrogens (tertiary/aromatic N) is 4. The molecule has 0 atom stereocenters. The van der Waals surface area contributed by atoms with Crippen molar-refractivity contribution in [1.82, 2.24) is 19.9 Å². The average molecular weight is 456 g/mol. The first-order valence-corrected chi connectivity index (χ1v) is 9.42. The van der Waals surface area contributed by atoms with Gasteiger partial charge in [-0.25, -0.2) is 4.68 Å². The second-order valence-electron chi connectivity index (χ2n) is 5.61. The van der Waals surface area contributed by atoms with Crippen LogP contribution in [0.5, 0.6) is 5.75 Å². The molecule has 0 aliphatic carbocycles. The Labute approximate surface area is 179 Å². The Morgan fingerprint density at radius 2 is 1.75 bits per heavy atom. The first kappa shape index (κ1) is 19.1. The van der Waals surface area contributed by atoms with Gasteiger partial charge in [0.25, 0.3) is 5.89 Å². The first-order valence-electron chi connectivity index (χ1n) is 7.91. The van der Waals surface area contributed by atoms with E-state index < -0.39 is 0 Å². The van der Waals surface area contributed by atoms with Crippen LogP contribution in [0.15, 0.2) is 53.2 Å². The van der Waals surface area contributed by atoms with E-state index in [1.807, 2.05) is 0 Å². The Morgan fingerprint density at radius 3 is 2.50 bits per heavy atom. The minimum Gasteiger partial charge on any atom is -0.468 e. The Kier molecular flexibility index (Phi) is 5.46. The van der Waals surface area contributed by atoms with Crippen LogP contribution in [0.2, 0.25) is 20.1 Å². The summed E-state index contributed by atoms with van der Waals surface area (Å²) in [5.41, 5.74) is 1.09. The Morgan fingerprint density at radius 1 is 0.964 bits per heavy atom. The number of ether oxygens (including phenoxy) is 1. The molecule has 2 aromatic heterocycles. The highest BCUT2D eigenvalue weighted by molar-refractivity contribution is 6.37. The zero-order valence-electron chi connectivity index (χ0n) is 13.9. The van der Waals surface area contributed by atoms with Crippen LogP contribution in [-0.4, -0.2) is 19.9 Å². The SMILES string of the molecule is Clc1ccc(-c2noc(-c3ccn(COc4c(Cl)cccc4Cl)n3)n2)c(Cl)c1. The van der Waals surface area contributed by atoms with Crippen molar-refractivity contribution < 1.29 is 9.26 Å². The van der Waals surface area contributed by atoms with Crippen molar-refractivity contribution >= 4 is 46.4 Å². The molecule has 4 aromatic rings. The molecule has 0 radical (unpaired) electrons. The average Bonchev–Trinajstić information content (AvgIpc) is 3.30. The van der Waals surface area contributed by atoms with Crippen molar-refractivity contribution in [2.45, 2.75) is 6.73 Å². The maximum Gasteiger partial charge on any atom is 0.278 e. The molecule has 0 bridgehead atoms. The molecule has 4 rings (SSSR count). The van der Waals surface area contributed by atoms with Gasteiger partial charge in [0.05, 0.1) is 15.1 Å². The van der Waals surface area contributed by atoms with Gasteiger partial charge in [-0.15, -0.1) is 0 Å². The molecule has 0 saturated carbocycles. The summed E-state index contributed by atoms with van der Waals surface area (Å²) >= 11 is 24.3. The van der Waals surface area contributed by atoms with E-state index in [2.05, 4.69) is 15.2 Å². The molecule has 0 fully saturated rings. The molecule has 142 valence electrons. The van der Waals surface area contributed by atoms with E-state index in [0.29, 0.717) is 42.9 Å². The molecule has 0 saturated heterocycles. The second kappa shape index (κ2) is 8.01. The summed E-state index contributed by atoms with van der Waals surface area (Å²) < 4.78 is 12.5. The van der Waals surface area contributed by atoms with Gasteiger partial charge in [0, 0.05) is 16.8 Å². The smallest absolute Gasteiger partial charge is 0.278 e. The van der Waals surface area contributed by atoms with E-state index in [4.69, 9.17) is 55.7 Å². The summed E-state index contributed by atoms with van der Waals surface area (Å²) in [5, 5.41) is 10.1. The maximum absolute atomic E-state index is 6.18. The molecule has 10 heteroatoms. The standard InChI is InChI=1S/C18H10Cl4N4O2/c19-10-4-5-11(14(22)8-10)17-23-18(28-25-17)15-6-7-26(24-15)9-27-16-12(20)2-1-3-13(16)21/h1-8H,9H2. The number of rotatable bonds is 5. The first-order chi connectivity index (χ1) is 13.5. The summed E-state index contributed by atoms with van der Waals surface area (Å²) in [7, 11) is 0. The van der Waals surface area contributed by atoms with Gasteiger partial charge in [-0.05, 0) is 36.4 Å². The van der Waals surface area contributed by atoms with E-state index in [1.54, 1.807) is 53.3 Å². The molecule has 6 nitrogen and oxygen atoms in total. The number of halogens is 4. The lowest BCUT2D eigenvalue weighted by molar-refractivity contribution is 0.221. The normalized spacial score (nSPS) is 11.0. The van der Waals surface area contributed by atoms with Gasteiger partial charge < -0.3 is 9.26 Å². The van der Waals surface area contributed by atoms with Gasteiger partial charge in [-0.1, -0.05) is 57.6 Å². The molecule has 0 amide bonds. The number of hydrogen-bond donors (Lipinski definition) is 0. The maximum atomic E-state index is 6.18. The van der Waals surface area contributed by atoms with Crippen molar-refractivity contribution in [3.05, 3.63) is 68.8 Å². The minimum absolute atomic E-state index is 0.105. The fraction of sp³-hybridized carbons (Fsp3) is 0.0556. The third-order valence-corrected chi connectivity index (χ3v) is 4.86. The van der Waals surface area contributed by atoms with E-state index in [1.165, 1.54) is 0 Å². The fourth-order valence-electron chi connectivity index (χ4n) is 2.41. The van der Waals surface area contributed by atoms with E-state index >= 15 is 0 Å². The molecular formula is C18H10Cl4N4O2. The van der Waals surface area contributed by atoms with Crippen LogP contribution in [0, 0.1) is 0 Å². The fourth-order valence-corrected chi connectivity index (χ4v) is 3.41. The lowest BCUT2D eigenvalue weighted by Gasteiger charge is -2.09. The van der Waals surface area contributed by atoms with Crippen molar-refractivity contribution in [2.75, 3.05) is 0 Å². The van der Waals surface area contributed by atoms with Crippen molar-refractivity contribution in [3.63, 3.8) is 0 Å². The summed E-state index contributed by atoms with van der Waals surface area (Å²) in [5.74, 6) is 0.973. The van der Waals surface area contributed by atoms with Crippen LogP contribution in [0.25, 0.3) is 23.0 Å². The minimum atomic E-state index is 0.105. The van der Waals surface area contributed by atoms with Crippen LogP contribution in [0.3, 0.4) is 0 Å². The van der Waals surface area contributed by atoms with Crippen LogP contribution in [0.1, 0.15) is 0 Å². The van der Waals surface area contributed by atoms with E-state index in [0.717, 1.165) is 0 Å². The molecule has 0 unspecified atom stereocenters. The number of aromatic nitrogens is 4. The van der Waals surface area contributed by atoms with Crippen molar-refractivity contribution in [1.29, 1.82) is 0 Å². The summed E-state index contributed by atoms with van der Waals surface area (Å²) in [6, 6.07) is 11.9. The predicted molar refractivity (Wildman–Crippen MR) is 108 cm³/mol. The van der Waals surface area contributed by atoms with Gasteiger partial charge in [-0.3, -0.25) is 0 Å². The molecule has 28 heavy (non-hydrogen) atoms. The van der Waals surface area contributed by atoms with Gasteiger partial charge in [0.2, 0.25) is 5.82 Å². The summed E-state index contributed by atoms with van der Waals surface area (Å²) in [4.78, 5) is 4.34. The Balaban J connectivity index is 1.51. The molecule has 2 heterocycles. The van der Waals surface area contributed by atoms with Crippen LogP contribution in [0.4, 0.5) is 0 Å². The van der Waals surface area contributed by atoms with Crippen molar-refractivity contribution in [3.8, 4) is 28.7 Å². The molecule has 2 aromatic carbocycles. The van der Waals surface area contributed by atoms with Gasteiger partial charge in [0.1, 0.15) is 0 Å². The van der Waals surface area contributed by atoms with E-state index in [-0.39, 0.29) is 12.6 Å². The van der Waals surface area contributed by atoms with E-state index in [9.17, 15) is 0 Å². The lowest BCUT2D eigenvalue weighted by Crippen LogP contribution is -2.06. The van der Waals surface area contributed by atoms with Crippen molar-refractivity contribution in [2.24, 2.45) is 0 Å². The third-order valence-electron chi connectivity index (χ3n) is 3.72. The topological polar surface area (TPSA) is 66.0 Å². The quantitative estimate of drug-likeness (QED) is 0.355. The highest BCUT2D eigenvalue weighted by Gasteiger charge is 2.16. The van der Waals surface area contributed by atoms with Gasteiger partial charge in [0.15, 0.2) is 18.2 Å². The third kappa shape index (κ3) is 3.95. The van der Waals surface area contributed by atoms with Crippen LogP contribution < -0.4 is 4.74 Å². The zero-order valence-corrected chi connectivity index (χ0v) is 17.0. The lowest BCUT2D eigenvalue weighted by atomic mass is 10.2. The van der Waals surface area contributed by atoms with Gasteiger partial charge >= 0.3 is 0 Å². The highest BCUT2D eigenvalue weighted by Crippen LogP contribution is 2.33. The second-order valence-corrected chi connectivity index (χ2v) is 7.27. The molecule has 0 aliphatic heterocycles. The number of para-hydroxylation sites is 1. The molecule has 0 aliphatic rings. The Hall–Kier alpha value is -2.25. The molecule has 0 spiro atoms. The summed E-state index contributed by atoms with van der Waals surface area (Å²) in [6.07, 6.45) is 1.71. The molecule has 0 N–H and O–H groups in total. The van der Waals surface area contributed by atoms with Crippen LogP contribution >= 0.6 is 46.4 Å². The molecular weight excluding hydrogens is 446 g/mol.